The van der Waals surface area contributed by atoms with E-state index < -0.39 is 5.97 Å². The summed E-state index contributed by atoms with van der Waals surface area (Å²) >= 11 is 17.9. The van der Waals surface area contributed by atoms with Crippen molar-refractivity contribution in [2.75, 3.05) is 7.11 Å². The number of halogens is 3. The van der Waals surface area contributed by atoms with Crippen molar-refractivity contribution in [1.29, 1.82) is 0 Å². The Morgan fingerprint density at radius 1 is 1.00 bits per heavy atom. The Bertz CT molecular complexity index is 691. The molecule has 0 radical (unpaired) electrons. The predicted octanol–water partition coefficient (Wildman–Crippen LogP) is 5.36. The molecule has 0 aliphatic heterocycles. The van der Waals surface area contributed by atoms with E-state index in [2.05, 4.69) is 0 Å². The van der Waals surface area contributed by atoms with Gasteiger partial charge in [-0.05, 0) is 41.5 Å². The first-order valence-electron chi connectivity index (χ1n) is 6.02. The maximum atomic E-state index is 12.0. The van der Waals surface area contributed by atoms with Crippen molar-refractivity contribution in [2.45, 2.75) is 0 Å². The standard InChI is InChI=1S/C16H11Cl3O2/c1-21-16(20)14(10-2-5-12(17)6-3-10)8-11-4-7-13(18)9-15(11)19/h2-9H,1H3/b14-8+. The summed E-state index contributed by atoms with van der Waals surface area (Å²) in [5.41, 5.74) is 1.76. The number of hydrogen-bond donors (Lipinski definition) is 0. The third-order valence-electron chi connectivity index (χ3n) is 2.82. The van der Waals surface area contributed by atoms with E-state index >= 15 is 0 Å². The fraction of sp³-hybridized carbons (Fsp3) is 0.0625. The Kier molecular flexibility index (Phi) is 5.29. The van der Waals surface area contributed by atoms with E-state index in [0.717, 1.165) is 0 Å². The molecule has 2 aromatic carbocycles. The largest absolute Gasteiger partial charge is 0.465 e. The van der Waals surface area contributed by atoms with Gasteiger partial charge in [-0.15, -0.1) is 0 Å². The van der Waals surface area contributed by atoms with Crippen molar-refractivity contribution in [3.8, 4) is 0 Å². The van der Waals surface area contributed by atoms with Crippen LogP contribution < -0.4 is 0 Å². The van der Waals surface area contributed by atoms with Crippen molar-refractivity contribution in [3.63, 3.8) is 0 Å². The highest BCUT2D eigenvalue weighted by Gasteiger charge is 2.13. The second-order valence-electron chi connectivity index (χ2n) is 4.22. The Morgan fingerprint density at radius 3 is 2.19 bits per heavy atom. The molecule has 0 aliphatic carbocycles. The van der Waals surface area contributed by atoms with Crippen LogP contribution in [0.5, 0.6) is 0 Å². The van der Waals surface area contributed by atoms with Crippen molar-refractivity contribution >= 4 is 52.4 Å². The van der Waals surface area contributed by atoms with Gasteiger partial charge >= 0.3 is 5.97 Å². The molecule has 0 unspecified atom stereocenters. The van der Waals surface area contributed by atoms with Crippen LogP contribution in [-0.4, -0.2) is 13.1 Å². The minimum atomic E-state index is -0.455. The first-order valence-corrected chi connectivity index (χ1v) is 7.15. The lowest BCUT2D eigenvalue weighted by atomic mass is 10.0. The summed E-state index contributed by atoms with van der Waals surface area (Å²) in [7, 11) is 1.33. The third kappa shape index (κ3) is 4.01. The zero-order valence-electron chi connectivity index (χ0n) is 11.1. The molecule has 0 N–H and O–H groups in total. The molecule has 0 fully saturated rings. The van der Waals surface area contributed by atoms with Crippen molar-refractivity contribution in [2.24, 2.45) is 0 Å². The number of hydrogen-bond acceptors (Lipinski definition) is 2. The van der Waals surface area contributed by atoms with Gasteiger partial charge in [-0.2, -0.15) is 0 Å². The van der Waals surface area contributed by atoms with Gasteiger partial charge in [0.1, 0.15) is 0 Å². The van der Waals surface area contributed by atoms with E-state index in [1.807, 2.05) is 0 Å². The van der Waals surface area contributed by atoms with Crippen LogP contribution in [0, 0.1) is 0 Å². The molecule has 108 valence electrons. The first-order chi connectivity index (χ1) is 10.0. The maximum Gasteiger partial charge on any atom is 0.338 e. The maximum absolute atomic E-state index is 12.0. The highest BCUT2D eigenvalue weighted by atomic mass is 35.5. The van der Waals surface area contributed by atoms with E-state index in [4.69, 9.17) is 39.5 Å². The SMILES string of the molecule is COC(=O)/C(=C/c1ccc(Cl)cc1Cl)c1ccc(Cl)cc1. The molecule has 5 heteroatoms. The predicted molar refractivity (Wildman–Crippen MR) is 87.8 cm³/mol. The second kappa shape index (κ2) is 6.99. The zero-order chi connectivity index (χ0) is 15.4. The number of rotatable bonds is 3. The Balaban J connectivity index is 2.52. The average molecular weight is 342 g/mol. The van der Waals surface area contributed by atoms with Gasteiger partial charge in [0.05, 0.1) is 12.7 Å². The van der Waals surface area contributed by atoms with Gasteiger partial charge in [-0.3, -0.25) is 0 Å². The Morgan fingerprint density at radius 2 is 1.62 bits per heavy atom. The Labute approximate surface area is 137 Å². The summed E-state index contributed by atoms with van der Waals surface area (Å²) in [6, 6.07) is 12.0. The molecule has 2 aromatic rings. The summed E-state index contributed by atoms with van der Waals surface area (Å²) in [6.07, 6.45) is 1.66. The van der Waals surface area contributed by atoms with Crippen LogP contribution in [0.25, 0.3) is 11.6 Å². The molecule has 0 spiro atoms. The monoisotopic (exact) mass is 340 g/mol. The highest BCUT2D eigenvalue weighted by molar-refractivity contribution is 6.36. The molecular weight excluding hydrogens is 331 g/mol. The average Bonchev–Trinajstić information content (AvgIpc) is 2.47. The van der Waals surface area contributed by atoms with Crippen molar-refractivity contribution < 1.29 is 9.53 Å². The van der Waals surface area contributed by atoms with Crippen LogP contribution in [0.3, 0.4) is 0 Å². The smallest absolute Gasteiger partial charge is 0.338 e. The van der Waals surface area contributed by atoms with Gasteiger partial charge in [-0.1, -0.05) is 53.0 Å². The second-order valence-corrected chi connectivity index (χ2v) is 5.50. The van der Waals surface area contributed by atoms with Crippen LogP contribution in [-0.2, 0) is 9.53 Å². The van der Waals surface area contributed by atoms with Gasteiger partial charge in [0.2, 0.25) is 0 Å². The lowest BCUT2D eigenvalue weighted by Gasteiger charge is -2.07. The van der Waals surface area contributed by atoms with E-state index in [1.165, 1.54) is 7.11 Å². The van der Waals surface area contributed by atoms with Crippen LogP contribution in [0.1, 0.15) is 11.1 Å². The van der Waals surface area contributed by atoms with Crippen LogP contribution in [0.2, 0.25) is 15.1 Å². The van der Waals surface area contributed by atoms with Gasteiger partial charge in [0, 0.05) is 15.1 Å². The number of methoxy groups -OCH3 is 1. The summed E-state index contributed by atoms with van der Waals surface area (Å²) < 4.78 is 4.82. The van der Waals surface area contributed by atoms with E-state index in [0.29, 0.717) is 31.8 Å². The lowest BCUT2D eigenvalue weighted by molar-refractivity contribution is -0.133. The molecule has 0 aliphatic rings. The van der Waals surface area contributed by atoms with E-state index in [-0.39, 0.29) is 0 Å². The fourth-order valence-corrected chi connectivity index (χ4v) is 2.36. The zero-order valence-corrected chi connectivity index (χ0v) is 13.3. The molecule has 2 rings (SSSR count). The lowest BCUT2D eigenvalue weighted by Crippen LogP contribution is -2.03. The number of carbonyl (C=O) groups excluding carboxylic acids is 1. The highest BCUT2D eigenvalue weighted by Crippen LogP contribution is 2.27. The first kappa shape index (κ1) is 15.9. The van der Waals surface area contributed by atoms with Gasteiger partial charge in [0.15, 0.2) is 0 Å². The van der Waals surface area contributed by atoms with Crippen LogP contribution in [0.15, 0.2) is 42.5 Å². The molecule has 0 bridgehead atoms. The summed E-state index contributed by atoms with van der Waals surface area (Å²) in [4.78, 5) is 12.0. The third-order valence-corrected chi connectivity index (χ3v) is 3.64. The minimum absolute atomic E-state index is 0.387. The quantitative estimate of drug-likeness (QED) is 0.427. The topological polar surface area (TPSA) is 26.3 Å². The molecule has 0 amide bonds. The van der Waals surface area contributed by atoms with E-state index in [9.17, 15) is 4.79 Å². The molecule has 0 atom stereocenters. The number of benzene rings is 2. The Hall–Kier alpha value is -1.48. The number of esters is 1. The van der Waals surface area contributed by atoms with Gasteiger partial charge in [-0.25, -0.2) is 4.79 Å². The molecule has 21 heavy (non-hydrogen) atoms. The summed E-state index contributed by atoms with van der Waals surface area (Å²) in [6.45, 7) is 0. The molecule has 0 saturated heterocycles. The molecule has 0 saturated carbocycles. The van der Waals surface area contributed by atoms with Crippen molar-refractivity contribution in [1.82, 2.24) is 0 Å². The molecule has 2 nitrogen and oxygen atoms in total. The molecular formula is C16H11Cl3O2. The summed E-state index contributed by atoms with van der Waals surface area (Å²) in [5, 5.41) is 1.58. The summed E-state index contributed by atoms with van der Waals surface area (Å²) in [5.74, 6) is -0.455. The normalized spacial score (nSPS) is 11.3. The van der Waals surface area contributed by atoms with Crippen LogP contribution >= 0.6 is 34.8 Å². The number of carbonyl (C=O) groups is 1. The van der Waals surface area contributed by atoms with Gasteiger partial charge < -0.3 is 4.74 Å². The molecule has 0 aromatic heterocycles. The van der Waals surface area contributed by atoms with Gasteiger partial charge in [0.25, 0.3) is 0 Å². The van der Waals surface area contributed by atoms with E-state index in [1.54, 1.807) is 48.5 Å². The molecule has 0 heterocycles. The fourth-order valence-electron chi connectivity index (χ4n) is 1.77. The minimum Gasteiger partial charge on any atom is -0.465 e. The van der Waals surface area contributed by atoms with Crippen LogP contribution in [0.4, 0.5) is 0 Å². The van der Waals surface area contributed by atoms with Crippen molar-refractivity contribution in [3.05, 3.63) is 68.7 Å². The number of ether oxygens (including phenoxy) is 1.